The smallest absolute Gasteiger partial charge is 0.322 e. The Hall–Kier alpha value is -2.57. The molecule has 20 heavy (non-hydrogen) atoms. The lowest BCUT2D eigenvalue weighted by Gasteiger charge is -2.38. The van der Waals surface area contributed by atoms with Crippen LogP contribution in [0, 0.1) is 0 Å². The Labute approximate surface area is 116 Å². The van der Waals surface area contributed by atoms with E-state index in [1.807, 2.05) is 24.3 Å². The van der Waals surface area contributed by atoms with Gasteiger partial charge in [0.25, 0.3) is 0 Å². The molecule has 3 rings (SSSR count). The molecule has 7 heteroatoms. The minimum Gasteiger partial charge on any atom is -0.495 e. The summed E-state index contributed by atoms with van der Waals surface area (Å²) in [6, 6.07) is 7.41. The molecule has 1 saturated heterocycles. The van der Waals surface area contributed by atoms with E-state index >= 15 is 0 Å². The summed E-state index contributed by atoms with van der Waals surface area (Å²) < 4.78 is 6.97. The molecule has 0 unspecified atom stereocenters. The predicted molar refractivity (Wildman–Crippen MR) is 72.6 cm³/mol. The second kappa shape index (κ2) is 5.20. The molecule has 0 bridgehead atoms. The highest BCUT2D eigenvalue weighted by Crippen LogP contribution is 2.25. The van der Waals surface area contributed by atoms with Gasteiger partial charge in [-0.25, -0.2) is 9.48 Å². The molecule has 2 aromatic rings. The summed E-state index contributed by atoms with van der Waals surface area (Å²) in [4.78, 5) is 13.8. The third kappa shape index (κ3) is 2.29. The molecule has 1 aromatic carbocycles. The van der Waals surface area contributed by atoms with Crippen molar-refractivity contribution in [2.75, 3.05) is 25.5 Å². The highest BCUT2D eigenvalue weighted by atomic mass is 16.5. The Morgan fingerprint density at radius 1 is 1.40 bits per heavy atom. The molecule has 7 nitrogen and oxygen atoms in total. The van der Waals surface area contributed by atoms with E-state index < -0.39 is 0 Å². The number of anilines is 1. The quantitative estimate of drug-likeness (QED) is 0.917. The van der Waals surface area contributed by atoms with Gasteiger partial charge in [0.1, 0.15) is 5.75 Å². The zero-order chi connectivity index (χ0) is 13.9. The predicted octanol–water partition coefficient (Wildman–Crippen LogP) is 1.38. The first kappa shape index (κ1) is 12.5. The van der Waals surface area contributed by atoms with Crippen molar-refractivity contribution in [1.29, 1.82) is 0 Å². The van der Waals surface area contributed by atoms with Crippen LogP contribution in [0.1, 0.15) is 6.04 Å². The van der Waals surface area contributed by atoms with Gasteiger partial charge in [-0.2, -0.15) is 0 Å². The van der Waals surface area contributed by atoms with Gasteiger partial charge in [-0.15, -0.1) is 5.10 Å². The van der Waals surface area contributed by atoms with E-state index in [1.165, 1.54) is 0 Å². The monoisotopic (exact) mass is 273 g/mol. The van der Waals surface area contributed by atoms with Gasteiger partial charge in [-0.3, -0.25) is 0 Å². The minimum absolute atomic E-state index is 0.133. The van der Waals surface area contributed by atoms with E-state index in [4.69, 9.17) is 4.74 Å². The molecule has 2 amide bonds. The largest absolute Gasteiger partial charge is 0.495 e. The maximum Gasteiger partial charge on any atom is 0.322 e. The molecule has 0 aliphatic carbocycles. The van der Waals surface area contributed by atoms with Crippen LogP contribution in [0.2, 0.25) is 0 Å². The van der Waals surface area contributed by atoms with Gasteiger partial charge in [0.2, 0.25) is 0 Å². The number of benzene rings is 1. The number of nitrogens with one attached hydrogen (secondary N) is 1. The molecule has 1 aliphatic heterocycles. The SMILES string of the molecule is COc1ccccc1NC(=O)N1CC(n2ccnn2)C1. The molecule has 0 spiro atoms. The van der Waals surface area contributed by atoms with Crippen LogP contribution in [0.3, 0.4) is 0 Å². The van der Waals surface area contributed by atoms with E-state index in [2.05, 4.69) is 15.6 Å². The summed E-state index contributed by atoms with van der Waals surface area (Å²) in [5.74, 6) is 0.647. The highest BCUT2D eigenvalue weighted by Gasteiger charge is 2.32. The number of hydrogen-bond acceptors (Lipinski definition) is 4. The van der Waals surface area contributed by atoms with E-state index in [-0.39, 0.29) is 12.1 Å². The van der Waals surface area contributed by atoms with E-state index in [1.54, 1.807) is 29.1 Å². The molecule has 104 valence electrons. The standard InChI is InChI=1S/C13H15N5O2/c1-20-12-5-3-2-4-11(12)15-13(19)17-8-10(9-17)18-7-6-14-16-18/h2-7,10H,8-9H2,1H3,(H,15,19). The Bertz CT molecular complexity index is 593. The zero-order valence-electron chi connectivity index (χ0n) is 11.1. The van der Waals surface area contributed by atoms with Crippen molar-refractivity contribution in [3.63, 3.8) is 0 Å². The number of carbonyl (C=O) groups excluding carboxylic acids is 1. The Kier molecular flexibility index (Phi) is 3.24. The normalized spacial score (nSPS) is 14.8. The van der Waals surface area contributed by atoms with E-state index in [0.29, 0.717) is 24.5 Å². The van der Waals surface area contributed by atoms with Gasteiger partial charge in [-0.05, 0) is 12.1 Å². The number of likely N-dealkylation sites (tertiary alicyclic amines) is 1. The number of amides is 2. The maximum atomic E-state index is 12.1. The second-order valence-corrected chi connectivity index (χ2v) is 4.57. The number of methoxy groups -OCH3 is 1. The van der Waals surface area contributed by atoms with E-state index in [9.17, 15) is 4.79 Å². The van der Waals surface area contributed by atoms with Crippen molar-refractivity contribution in [3.05, 3.63) is 36.7 Å². The molecule has 0 atom stereocenters. The first-order chi connectivity index (χ1) is 9.78. The molecule has 1 N–H and O–H groups in total. The number of para-hydroxylation sites is 2. The van der Waals surface area contributed by atoms with Gasteiger partial charge in [0.15, 0.2) is 0 Å². The van der Waals surface area contributed by atoms with Crippen LogP contribution in [-0.2, 0) is 0 Å². The molecular weight excluding hydrogens is 258 g/mol. The van der Waals surface area contributed by atoms with Crippen molar-refractivity contribution in [3.8, 4) is 5.75 Å². The van der Waals surface area contributed by atoms with Crippen molar-refractivity contribution < 1.29 is 9.53 Å². The first-order valence-corrected chi connectivity index (χ1v) is 6.32. The summed E-state index contributed by atoms with van der Waals surface area (Å²) in [6.07, 6.45) is 3.44. The summed E-state index contributed by atoms with van der Waals surface area (Å²) in [5, 5.41) is 10.5. The molecule has 0 radical (unpaired) electrons. The van der Waals surface area contributed by atoms with Crippen molar-refractivity contribution in [2.24, 2.45) is 0 Å². The van der Waals surface area contributed by atoms with Gasteiger partial charge in [-0.1, -0.05) is 17.3 Å². The Balaban J connectivity index is 1.59. The van der Waals surface area contributed by atoms with Gasteiger partial charge >= 0.3 is 6.03 Å². The lowest BCUT2D eigenvalue weighted by atomic mass is 10.1. The first-order valence-electron chi connectivity index (χ1n) is 6.32. The van der Waals surface area contributed by atoms with Crippen molar-refractivity contribution >= 4 is 11.7 Å². The molecule has 2 heterocycles. The average Bonchev–Trinajstić information content (AvgIpc) is 2.91. The fourth-order valence-electron chi connectivity index (χ4n) is 2.14. The molecular formula is C13H15N5O2. The topological polar surface area (TPSA) is 72.3 Å². The fourth-order valence-corrected chi connectivity index (χ4v) is 2.14. The molecule has 1 fully saturated rings. The number of rotatable bonds is 3. The second-order valence-electron chi connectivity index (χ2n) is 4.57. The maximum absolute atomic E-state index is 12.1. The van der Waals surface area contributed by atoms with Crippen LogP contribution in [0.5, 0.6) is 5.75 Å². The Morgan fingerprint density at radius 3 is 2.90 bits per heavy atom. The summed E-state index contributed by atoms with van der Waals surface area (Å²) in [7, 11) is 1.58. The van der Waals surface area contributed by atoms with Crippen LogP contribution in [-0.4, -0.2) is 46.1 Å². The lowest BCUT2D eigenvalue weighted by molar-refractivity contribution is 0.127. The third-order valence-corrected chi connectivity index (χ3v) is 3.31. The highest BCUT2D eigenvalue weighted by molar-refractivity contribution is 5.91. The van der Waals surface area contributed by atoms with Crippen LogP contribution in [0.4, 0.5) is 10.5 Å². The van der Waals surface area contributed by atoms with Crippen LogP contribution in [0.15, 0.2) is 36.7 Å². The van der Waals surface area contributed by atoms with Gasteiger partial charge < -0.3 is 15.0 Å². The van der Waals surface area contributed by atoms with Crippen LogP contribution >= 0.6 is 0 Å². The molecule has 1 aliphatic rings. The summed E-state index contributed by atoms with van der Waals surface area (Å²) >= 11 is 0. The minimum atomic E-state index is -0.133. The van der Waals surface area contributed by atoms with Crippen LogP contribution in [0.25, 0.3) is 0 Å². The third-order valence-electron chi connectivity index (χ3n) is 3.31. The van der Waals surface area contributed by atoms with Crippen molar-refractivity contribution in [1.82, 2.24) is 19.9 Å². The number of carbonyl (C=O) groups is 1. The van der Waals surface area contributed by atoms with E-state index in [0.717, 1.165) is 0 Å². The number of aromatic nitrogens is 3. The number of ether oxygens (including phenoxy) is 1. The Morgan fingerprint density at radius 2 is 2.20 bits per heavy atom. The number of nitrogens with zero attached hydrogens (tertiary/aromatic N) is 4. The molecule has 0 saturated carbocycles. The summed E-state index contributed by atoms with van der Waals surface area (Å²) in [5.41, 5.74) is 0.671. The number of hydrogen-bond donors (Lipinski definition) is 1. The zero-order valence-corrected chi connectivity index (χ0v) is 11.1. The lowest BCUT2D eigenvalue weighted by Crippen LogP contribution is -2.52. The molecule has 1 aromatic heterocycles. The number of urea groups is 1. The van der Waals surface area contributed by atoms with Gasteiger partial charge in [0, 0.05) is 19.3 Å². The average molecular weight is 273 g/mol. The summed E-state index contributed by atoms with van der Waals surface area (Å²) in [6.45, 7) is 1.26. The van der Waals surface area contributed by atoms with Crippen LogP contribution < -0.4 is 10.1 Å². The van der Waals surface area contributed by atoms with Gasteiger partial charge in [0.05, 0.1) is 25.0 Å². The fraction of sp³-hybridized carbons (Fsp3) is 0.308. The van der Waals surface area contributed by atoms with Crippen molar-refractivity contribution in [2.45, 2.75) is 6.04 Å².